The van der Waals surface area contributed by atoms with Crippen molar-refractivity contribution in [1.82, 2.24) is 9.47 Å². The molecule has 1 aromatic rings. The molecule has 0 fully saturated rings. The highest BCUT2D eigenvalue weighted by molar-refractivity contribution is 7.90. The van der Waals surface area contributed by atoms with E-state index in [1.54, 1.807) is 0 Å². The summed E-state index contributed by atoms with van der Waals surface area (Å²) in [6, 6.07) is 2.73. The second-order valence-electron chi connectivity index (χ2n) is 4.37. The lowest BCUT2D eigenvalue weighted by Crippen LogP contribution is -2.36. The number of rotatable bonds is 5. The monoisotopic (exact) mass is 287 g/mol. The molecule has 0 saturated heterocycles. The Labute approximate surface area is 111 Å². The zero-order valence-corrected chi connectivity index (χ0v) is 11.7. The number of aromatic nitrogens is 1. The molecule has 0 atom stereocenters. The van der Waals surface area contributed by atoms with E-state index in [9.17, 15) is 18.0 Å². The van der Waals surface area contributed by atoms with Crippen molar-refractivity contribution in [1.29, 1.82) is 0 Å². The van der Waals surface area contributed by atoms with E-state index < -0.39 is 9.84 Å². The van der Waals surface area contributed by atoms with Crippen LogP contribution in [0.1, 0.15) is 0 Å². The molecule has 1 amide bonds. The van der Waals surface area contributed by atoms with Crippen LogP contribution in [0.3, 0.4) is 0 Å². The van der Waals surface area contributed by atoms with Gasteiger partial charge in [-0.3, -0.25) is 9.59 Å². The van der Waals surface area contributed by atoms with E-state index in [2.05, 4.69) is 0 Å². The van der Waals surface area contributed by atoms with E-state index in [1.165, 1.54) is 34.8 Å². The number of hydrogen-bond donors (Lipinski definition) is 1. The van der Waals surface area contributed by atoms with Gasteiger partial charge in [0.1, 0.15) is 16.4 Å². The van der Waals surface area contributed by atoms with Gasteiger partial charge in [0.2, 0.25) is 5.91 Å². The van der Waals surface area contributed by atoms with Crippen LogP contribution in [0.25, 0.3) is 0 Å². The molecule has 0 bridgehead atoms. The van der Waals surface area contributed by atoms with E-state index in [0.717, 1.165) is 6.26 Å². The van der Waals surface area contributed by atoms with Crippen LogP contribution in [0.15, 0.2) is 23.1 Å². The minimum atomic E-state index is -3.12. The topological polar surface area (TPSA) is 102 Å². The van der Waals surface area contributed by atoms with Gasteiger partial charge >= 0.3 is 0 Å². The molecule has 0 aliphatic rings. The molecule has 0 unspecified atom stereocenters. The average molecular weight is 287 g/mol. The Balaban J connectivity index is 2.69. The highest BCUT2D eigenvalue weighted by Gasteiger charge is 2.12. The van der Waals surface area contributed by atoms with Gasteiger partial charge in [0.05, 0.1) is 5.75 Å². The molecular formula is C11H17N3O4S. The first-order valence-corrected chi connectivity index (χ1v) is 7.63. The maximum Gasteiger partial charge on any atom is 0.251 e. The number of hydrogen-bond acceptors (Lipinski definition) is 5. The summed E-state index contributed by atoms with van der Waals surface area (Å²) in [5.74, 6) is -0.461. The zero-order chi connectivity index (χ0) is 14.6. The first-order valence-electron chi connectivity index (χ1n) is 5.57. The van der Waals surface area contributed by atoms with Crippen LogP contribution >= 0.6 is 0 Å². The Bertz CT molecular complexity index is 621. The predicted molar refractivity (Wildman–Crippen MR) is 72.5 cm³/mol. The fourth-order valence-electron chi connectivity index (χ4n) is 1.37. The molecule has 1 heterocycles. The van der Waals surface area contributed by atoms with E-state index in [4.69, 9.17) is 5.73 Å². The number of nitrogen functional groups attached to an aromatic ring is 1. The molecular weight excluding hydrogens is 270 g/mol. The fraction of sp³-hybridized carbons (Fsp3) is 0.455. The summed E-state index contributed by atoms with van der Waals surface area (Å²) in [7, 11) is -1.63. The summed E-state index contributed by atoms with van der Waals surface area (Å²) < 4.78 is 23.2. The lowest BCUT2D eigenvalue weighted by Gasteiger charge is -2.17. The van der Waals surface area contributed by atoms with Gasteiger partial charge in [-0.1, -0.05) is 0 Å². The number of carbonyl (C=O) groups excluding carboxylic acids is 1. The van der Waals surface area contributed by atoms with E-state index in [1.807, 2.05) is 0 Å². The molecule has 0 saturated carbocycles. The van der Waals surface area contributed by atoms with Crippen LogP contribution in [0.4, 0.5) is 5.69 Å². The SMILES string of the molecule is CN(CCS(C)(=O)=O)C(=O)Cn1cc(N)ccc1=O. The molecule has 2 N–H and O–H groups in total. The summed E-state index contributed by atoms with van der Waals surface area (Å²) in [6.45, 7) is -0.0706. The first-order chi connectivity index (χ1) is 8.69. The number of sulfone groups is 1. The van der Waals surface area contributed by atoms with Gasteiger partial charge in [0.15, 0.2) is 0 Å². The minimum Gasteiger partial charge on any atom is -0.398 e. The van der Waals surface area contributed by atoms with Crippen molar-refractivity contribution in [2.45, 2.75) is 6.54 Å². The summed E-state index contributed by atoms with van der Waals surface area (Å²) in [4.78, 5) is 24.6. The number of nitrogens with two attached hydrogens (primary N) is 1. The molecule has 0 aliphatic carbocycles. The van der Waals surface area contributed by atoms with Gasteiger partial charge in [-0.05, 0) is 6.07 Å². The summed E-state index contributed by atoms with van der Waals surface area (Å²) in [5, 5.41) is 0. The second kappa shape index (κ2) is 5.87. The van der Waals surface area contributed by atoms with Gasteiger partial charge < -0.3 is 15.2 Å². The smallest absolute Gasteiger partial charge is 0.251 e. The van der Waals surface area contributed by atoms with Gasteiger partial charge in [-0.15, -0.1) is 0 Å². The van der Waals surface area contributed by atoms with Crippen molar-refractivity contribution in [2.75, 3.05) is 31.3 Å². The van der Waals surface area contributed by atoms with Crippen LogP contribution < -0.4 is 11.3 Å². The van der Waals surface area contributed by atoms with Gasteiger partial charge in [0.25, 0.3) is 5.56 Å². The maximum absolute atomic E-state index is 11.8. The molecule has 1 rings (SSSR count). The Morgan fingerprint density at radius 3 is 2.63 bits per heavy atom. The largest absolute Gasteiger partial charge is 0.398 e. The van der Waals surface area contributed by atoms with E-state index >= 15 is 0 Å². The molecule has 0 spiro atoms. The molecule has 0 aliphatic heterocycles. The Morgan fingerprint density at radius 1 is 1.42 bits per heavy atom. The van der Waals surface area contributed by atoms with Gasteiger partial charge in [-0.25, -0.2) is 8.42 Å². The number of pyridine rings is 1. The molecule has 0 radical (unpaired) electrons. The number of nitrogens with zero attached hydrogens (tertiary/aromatic N) is 2. The van der Waals surface area contributed by atoms with Crippen LogP contribution in [0.2, 0.25) is 0 Å². The third-order valence-corrected chi connectivity index (χ3v) is 3.46. The number of carbonyl (C=O) groups is 1. The molecule has 1 aromatic heterocycles. The number of likely N-dealkylation sites (N-methyl/N-ethyl adjacent to an activating group) is 1. The fourth-order valence-corrected chi connectivity index (χ4v) is 1.97. The van der Waals surface area contributed by atoms with E-state index in [-0.39, 0.29) is 30.3 Å². The van der Waals surface area contributed by atoms with Crippen molar-refractivity contribution in [3.8, 4) is 0 Å². The number of amides is 1. The standard InChI is InChI=1S/C11H17N3O4S/c1-13(5-6-19(2,17)18)11(16)8-14-7-9(12)3-4-10(14)15/h3-4,7H,5-6,8,12H2,1-2H3. The van der Waals surface area contributed by atoms with Crippen LogP contribution in [-0.2, 0) is 21.2 Å². The van der Waals surface area contributed by atoms with Crippen molar-refractivity contribution < 1.29 is 13.2 Å². The highest BCUT2D eigenvalue weighted by Crippen LogP contribution is 1.97. The van der Waals surface area contributed by atoms with Gasteiger partial charge in [-0.2, -0.15) is 0 Å². The molecule has 19 heavy (non-hydrogen) atoms. The lowest BCUT2D eigenvalue weighted by molar-refractivity contribution is -0.130. The summed E-state index contributed by atoms with van der Waals surface area (Å²) >= 11 is 0. The zero-order valence-electron chi connectivity index (χ0n) is 10.9. The van der Waals surface area contributed by atoms with E-state index in [0.29, 0.717) is 5.69 Å². The third-order valence-electron chi connectivity index (χ3n) is 2.54. The average Bonchev–Trinajstić information content (AvgIpc) is 2.29. The Morgan fingerprint density at radius 2 is 2.05 bits per heavy atom. The Hall–Kier alpha value is -1.83. The lowest BCUT2D eigenvalue weighted by atomic mass is 10.4. The van der Waals surface area contributed by atoms with Crippen LogP contribution in [0, 0.1) is 0 Å². The molecule has 106 valence electrons. The van der Waals surface area contributed by atoms with Crippen molar-refractivity contribution in [3.05, 3.63) is 28.7 Å². The molecule has 8 heteroatoms. The summed E-state index contributed by atoms with van der Waals surface area (Å²) in [5.41, 5.74) is 5.58. The molecule has 7 nitrogen and oxygen atoms in total. The third kappa shape index (κ3) is 5.12. The quantitative estimate of drug-likeness (QED) is 0.743. The van der Waals surface area contributed by atoms with Crippen LogP contribution in [0.5, 0.6) is 0 Å². The second-order valence-corrected chi connectivity index (χ2v) is 6.63. The van der Waals surface area contributed by atoms with Crippen molar-refractivity contribution >= 4 is 21.4 Å². The highest BCUT2D eigenvalue weighted by atomic mass is 32.2. The Kier molecular flexibility index (Phi) is 4.71. The molecule has 0 aromatic carbocycles. The van der Waals surface area contributed by atoms with Crippen molar-refractivity contribution in [2.24, 2.45) is 0 Å². The first kappa shape index (κ1) is 15.2. The van der Waals surface area contributed by atoms with Gasteiger partial charge in [0, 0.05) is 37.8 Å². The van der Waals surface area contributed by atoms with Crippen molar-refractivity contribution in [3.63, 3.8) is 0 Å². The summed E-state index contributed by atoms with van der Waals surface area (Å²) in [6.07, 6.45) is 2.48. The maximum atomic E-state index is 11.8. The minimum absolute atomic E-state index is 0.0920. The predicted octanol–water partition coefficient (Wildman–Crippen LogP) is -1.07. The normalized spacial score (nSPS) is 11.3. The van der Waals surface area contributed by atoms with Crippen LogP contribution in [-0.4, -0.2) is 49.4 Å². The number of anilines is 1.